The Balaban J connectivity index is 2.81. The van der Waals surface area contributed by atoms with Gasteiger partial charge in [0.15, 0.2) is 0 Å². The number of nitrogens with zero attached hydrogens (tertiary/aromatic N) is 1. The van der Waals surface area contributed by atoms with Crippen molar-refractivity contribution in [2.24, 2.45) is 0 Å². The fourth-order valence-corrected chi connectivity index (χ4v) is 1.96. The van der Waals surface area contributed by atoms with Gasteiger partial charge >= 0.3 is 0 Å². The Labute approximate surface area is 109 Å². The quantitative estimate of drug-likeness (QED) is 0.847. The number of benzene rings is 1. The third kappa shape index (κ3) is 3.87. The van der Waals surface area contributed by atoms with Gasteiger partial charge in [0, 0.05) is 37.5 Å². The first-order valence-electron chi connectivity index (χ1n) is 5.77. The molecular formula is C13H21ClN2O. The molecule has 0 aliphatic heterocycles. The zero-order valence-corrected chi connectivity index (χ0v) is 11.7. The molecule has 0 spiro atoms. The first-order chi connectivity index (χ1) is 8.10. The minimum absolute atomic E-state index is 0.265. The van der Waals surface area contributed by atoms with Gasteiger partial charge in [-0.3, -0.25) is 0 Å². The molecule has 0 heterocycles. The summed E-state index contributed by atoms with van der Waals surface area (Å²) >= 11 is 6.28. The van der Waals surface area contributed by atoms with Gasteiger partial charge in [-0.1, -0.05) is 17.7 Å². The molecule has 0 radical (unpaired) electrons. The molecule has 0 aliphatic carbocycles. The number of anilines is 1. The first-order valence-corrected chi connectivity index (χ1v) is 6.14. The van der Waals surface area contributed by atoms with Crippen molar-refractivity contribution >= 4 is 17.3 Å². The van der Waals surface area contributed by atoms with E-state index in [-0.39, 0.29) is 6.04 Å². The van der Waals surface area contributed by atoms with Crippen LogP contribution in [0.2, 0.25) is 5.02 Å². The lowest BCUT2D eigenvalue weighted by molar-refractivity contribution is 0.206. The van der Waals surface area contributed by atoms with E-state index in [1.807, 2.05) is 20.2 Å². The minimum atomic E-state index is 0.265. The smallest absolute Gasteiger partial charge is 0.0637 e. The van der Waals surface area contributed by atoms with Gasteiger partial charge in [0.05, 0.1) is 6.61 Å². The fraction of sp³-hybridized carbons (Fsp3) is 0.538. The maximum atomic E-state index is 6.28. The molecule has 0 bridgehead atoms. The molecule has 1 atom stereocenters. The van der Waals surface area contributed by atoms with Gasteiger partial charge in [0.25, 0.3) is 0 Å². The SMILES string of the molecule is CNC(C)c1ccc(N(C)CCOC)cc1Cl. The number of likely N-dealkylation sites (N-methyl/N-ethyl adjacent to an activating group) is 1. The van der Waals surface area contributed by atoms with Gasteiger partial charge in [0.2, 0.25) is 0 Å². The molecule has 0 aromatic heterocycles. The number of hydrogen-bond donors (Lipinski definition) is 1. The Kier molecular flexibility index (Phi) is 5.75. The Morgan fingerprint density at radius 1 is 1.47 bits per heavy atom. The van der Waals surface area contributed by atoms with Crippen molar-refractivity contribution in [2.45, 2.75) is 13.0 Å². The van der Waals surface area contributed by atoms with Crippen LogP contribution in [0.25, 0.3) is 0 Å². The van der Waals surface area contributed by atoms with Gasteiger partial charge in [-0.2, -0.15) is 0 Å². The zero-order valence-electron chi connectivity index (χ0n) is 11.0. The third-order valence-corrected chi connectivity index (χ3v) is 3.28. The fourth-order valence-electron chi connectivity index (χ4n) is 1.62. The molecule has 3 nitrogen and oxygen atoms in total. The van der Waals surface area contributed by atoms with Crippen LogP contribution < -0.4 is 10.2 Å². The van der Waals surface area contributed by atoms with Crippen LogP contribution in [0.1, 0.15) is 18.5 Å². The standard InChI is InChI=1S/C13H21ClN2O/c1-10(15-2)12-6-5-11(9-13(12)14)16(3)7-8-17-4/h5-6,9-10,15H,7-8H2,1-4H3. The first kappa shape index (κ1) is 14.3. The van der Waals surface area contributed by atoms with Gasteiger partial charge < -0.3 is 15.0 Å². The molecular weight excluding hydrogens is 236 g/mol. The van der Waals surface area contributed by atoms with Crippen molar-refractivity contribution < 1.29 is 4.74 Å². The van der Waals surface area contributed by atoms with Crippen LogP contribution in [0.4, 0.5) is 5.69 Å². The molecule has 1 aromatic rings. The Morgan fingerprint density at radius 3 is 2.71 bits per heavy atom. The van der Waals surface area contributed by atoms with Crippen molar-refractivity contribution in [3.8, 4) is 0 Å². The molecule has 17 heavy (non-hydrogen) atoms. The monoisotopic (exact) mass is 256 g/mol. The van der Waals surface area contributed by atoms with E-state index in [0.29, 0.717) is 6.61 Å². The second kappa shape index (κ2) is 6.84. The van der Waals surface area contributed by atoms with E-state index in [4.69, 9.17) is 16.3 Å². The van der Waals surface area contributed by atoms with Gasteiger partial charge in [-0.25, -0.2) is 0 Å². The summed E-state index contributed by atoms with van der Waals surface area (Å²) in [4.78, 5) is 2.13. The van der Waals surface area contributed by atoms with Crippen LogP contribution in [0.5, 0.6) is 0 Å². The number of halogens is 1. The van der Waals surface area contributed by atoms with Gasteiger partial charge in [-0.15, -0.1) is 0 Å². The number of ether oxygens (including phenoxy) is 1. The van der Waals surface area contributed by atoms with Crippen LogP contribution in [0, 0.1) is 0 Å². The van der Waals surface area contributed by atoms with E-state index in [2.05, 4.69) is 29.3 Å². The van der Waals surface area contributed by atoms with E-state index in [0.717, 1.165) is 22.8 Å². The van der Waals surface area contributed by atoms with Crippen molar-refractivity contribution in [2.75, 3.05) is 39.3 Å². The highest BCUT2D eigenvalue weighted by Crippen LogP contribution is 2.27. The molecule has 1 aromatic carbocycles. The van der Waals surface area contributed by atoms with Crippen molar-refractivity contribution in [1.82, 2.24) is 5.32 Å². The highest BCUT2D eigenvalue weighted by molar-refractivity contribution is 6.31. The lowest BCUT2D eigenvalue weighted by atomic mass is 10.1. The van der Waals surface area contributed by atoms with Crippen LogP contribution in [-0.2, 0) is 4.74 Å². The number of nitrogens with one attached hydrogen (secondary N) is 1. The molecule has 4 heteroatoms. The van der Waals surface area contributed by atoms with Crippen molar-refractivity contribution in [1.29, 1.82) is 0 Å². The molecule has 1 rings (SSSR count). The summed E-state index contributed by atoms with van der Waals surface area (Å²) in [5.41, 5.74) is 2.23. The highest BCUT2D eigenvalue weighted by Gasteiger charge is 2.09. The van der Waals surface area contributed by atoms with Gasteiger partial charge in [-0.05, 0) is 31.7 Å². The Bertz CT molecular complexity index is 357. The van der Waals surface area contributed by atoms with Crippen LogP contribution >= 0.6 is 11.6 Å². The van der Waals surface area contributed by atoms with Gasteiger partial charge in [0.1, 0.15) is 0 Å². The maximum absolute atomic E-state index is 6.28. The van der Waals surface area contributed by atoms with Crippen molar-refractivity contribution in [3.63, 3.8) is 0 Å². The van der Waals surface area contributed by atoms with E-state index in [1.54, 1.807) is 7.11 Å². The van der Waals surface area contributed by atoms with E-state index in [9.17, 15) is 0 Å². The van der Waals surface area contributed by atoms with E-state index >= 15 is 0 Å². The lowest BCUT2D eigenvalue weighted by Crippen LogP contribution is -2.22. The maximum Gasteiger partial charge on any atom is 0.0637 e. The normalized spacial score (nSPS) is 12.5. The van der Waals surface area contributed by atoms with Crippen LogP contribution in [-0.4, -0.2) is 34.4 Å². The van der Waals surface area contributed by atoms with E-state index in [1.165, 1.54) is 0 Å². The summed E-state index contributed by atoms with van der Waals surface area (Å²) in [6, 6.07) is 6.42. The summed E-state index contributed by atoms with van der Waals surface area (Å²) < 4.78 is 5.06. The molecule has 0 fully saturated rings. The lowest BCUT2D eigenvalue weighted by Gasteiger charge is -2.21. The summed E-state index contributed by atoms with van der Waals surface area (Å²) in [5.74, 6) is 0. The zero-order chi connectivity index (χ0) is 12.8. The summed E-state index contributed by atoms with van der Waals surface area (Å²) in [6.45, 7) is 3.66. The number of methoxy groups -OCH3 is 1. The molecule has 0 saturated carbocycles. The average molecular weight is 257 g/mol. The number of hydrogen-bond acceptors (Lipinski definition) is 3. The molecule has 1 N–H and O–H groups in total. The molecule has 0 aliphatic rings. The summed E-state index contributed by atoms with van der Waals surface area (Å²) in [5, 5.41) is 3.99. The predicted molar refractivity (Wildman–Crippen MR) is 74.1 cm³/mol. The second-order valence-corrected chi connectivity index (χ2v) is 4.54. The predicted octanol–water partition coefficient (Wildman–Crippen LogP) is 2.70. The van der Waals surface area contributed by atoms with E-state index < -0.39 is 0 Å². The van der Waals surface area contributed by atoms with Crippen LogP contribution in [0.15, 0.2) is 18.2 Å². The molecule has 1 unspecified atom stereocenters. The minimum Gasteiger partial charge on any atom is -0.383 e. The molecule has 0 amide bonds. The van der Waals surface area contributed by atoms with Crippen LogP contribution in [0.3, 0.4) is 0 Å². The number of rotatable bonds is 6. The molecule has 96 valence electrons. The summed E-state index contributed by atoms with van der Waals surface area (Å²) in [7, 11) is 5.67. The molecule has 0 saturated heterocycles. The Hall–Kier alpha value is -0.770. The Morgan fingerprint density at radius 2 is 2.18 bits per heavy atom. The second-order valence-electron chi connectivity index (χ2n) is 4.13. The topological polar surface area (TPSA) is 24.5 Å². The average Bonchev–Trinajstić information content (AvgIpc) is 2.34. The van der Waals surface area contributed by atoms with Crippen molar-refractivity contribution in [3.05, 3.63) is 28.8 Å². The largest absolute Gasteiger partial charge is 0.383 e. The summed E-state index contributed by atoms with van der Waals surface area (Å²) in [6.07, 6.45) is 0. The third-order valence-electron chi connectivity index (χ3n) is 2.96. The highest BCUT2D eigenvalue weighted by atomic mass is 35.5.